The van der Waals surface area contributed by atoms with Crippen LogP contribution >= 0.6 is 0 Å². The fourth-order valence-corrected chi connectivity index (χ4v) is 4.56. The van der Waals surface area contributed by atoms with Gasteiger partial charge in [-0.3, -0.25) is 0 Å². The van der Waals surface area contributed by atoms with Crippen LogP contribution in [0.15, 0.2) is 0 Å². The van der Waals surface area contributed by atoms with Crippen LogP contribution in [0.1, 0.15) is 45.4 Å². The van der Waals surface area contributed by atoms with Crippen LogP contribution in [0.25, 0.3) is 0 Å². The Balaban J connectivity index is 1.78. The summed E-state index contributed by atoms with van der Waals surface area (Å²) in [5.74, 6) is 2.11. The van der Waals surface area contributed by atoms with E-state index in [-0.39, 0.29) is 0 Å². The molecule has 0 spiro atoms. The highest BCUT2D eigenvalue weighted by Crippen LogP contribution is 2.61. The summed E-state index contributed by atoms with van der Waals surface area (Å²) < 4.78 is 0. The van der Waals surface area contributed by atoms with Gasteiger partial charge in [0.1, 0.15) is 0 Å². The van der Waals surface area contributed by atoms with Gasteiger partial charge in [0.25, 0.3) is 0 Å². The molecular formula is C12H21N. The van der Waals surface area contributed by atoms with Gasteiger partial charge in [0.15, 0.2) is 0 Å². The molecule has 6 saturated carbocycles. The van der Waals surface area contributed by atoms with Crippen molar-refractivity contribution in [2.24, 2.45) is 17.3 Å². The molecule has 6 aliphatic carbocycles. The Kier molecular flexibility index (Phi) is 1.47. The second kappa shape index (κ2) is 2.31. The summed E-state index contributed by atoms with van der Waals surface area (Å²) >= 11 is 0. The first-order valence-corrected chi connectivity index (χ1v) is 5.82. The Hall–Kier alpha value is -0.0400. The standard InChI is InChI=1S/C12H21N/c1-11-3-9(4-11)6-12(13-2)7-10(5-11)8-12/h9-10,13H,3-8H2,1-2H3. The largest absolute Gasteiger partial charge is 0.314 e. The average molecular weight is 179 g/mol. The Morgan fingerprint density at radius 3 is 1.85 bits per heavy atom. The van der Waals surface area contributed by atoms with Crippen molar-refractivity contribution < 1.29 is 0 Å². The maximum atomic E-state index is 3.58. The molecule has 0 amide bonds. The van der Waals surface area contributed by atoms with Crippen molar-refractivity contribution in [2.75, 3.05) is 7.05 Å². The average Bonchev–Trinajstić information content (AvgIpc) is 1.90. The zero-order chi connectivity index (χ0) is 9.10. The van der Waals surface area contributed by atoms with Crippen LogP contribution in [0.2, 0.25) is 0 Å². The number of hydrogen-bond donors (Lipinski definition) is 1. The van der Waals surface area contributed by atoms with Gasteiger partial charge in [-0.1, -0.05) is 6.92 Å². The smallest absolute Gasteiger partial charge is 0.0186 e. The van der Waals surface area contributed by atoms with E-state index in [1.807, 2.05) is 0 Å². The SMILES string of the molecule is CNC12CC3CC(C)(C3)CC(C1)C2. The fourth-order valence-electron chi connectivity index (χ4n) is 4.56. The van der Waals surface area contributed by atoms with Gasteiger partial charge < -0.3 is 5.32 Å². The van der Waals surface area contributed by atoms with Crippen LogP contribution in [0.5, 0.6) is 0 Å². The molecule has 0 aromatic heterocycles. The molecule has 6 aliphatic rings. The molecule has 0 saturated heterocycles. The van der Waals surface area contributed by atoms with Crippen LogP contribution in [0.4, 0.5) is 0 Å². The van der Waals surface area contributed by atoms with E-state index in [0.29, 0.717) is 5.54 Å². The molecular weight excluding hydrogens is 158 g/mol. The van der Waals surface area contributed by atoms with Gasteiger partial charge in [0.05, 0.1) is 0 Å². The lowest BCUT2D eigenvalue weighted by Gasteiger charge is -2.61. The molecule has 13 heavy (non-hydrogen) atoms. The first-order chi connectivity index (χ1) is 6.13. The summed E-state index contributed by atoms with van der Waals surface area (Å²) in [5.41, 5.74) is 1.34. The van der Waals surface area contributed by atoms with Gasteiger partial charge in [-0.15, -0.1) is 0 Å². The lowest BCUT2D eigenvalue weighted by molar-refractivity contribution is -0.0672. The molecule has 1 N–H and O–H groups in total. The minimum absolute atomic E-state index is 0.580. The zero-order valence-electron chi connectivity index (χ0n) is 8.90. The topological polar surface area (TPSA) is 12.0 Å². The third kappa shape index (κ3) is 1.09. The van der Waals surface area contributed by atoms with Crippen molar-refractivity contribution in [1.29, 1.82) is 0 Å². The molecule has 1 heteroatoms. The first-order valence-electron chi connectivity index (χ1n) is 5.82. The summed E-state index contributed by atoms with van der Waals surface area (Å²) in [4.78, 5) is 0. The van der Waals surface area contributed by atoms with Crippen LogP contribution in [0.3, 0.4) is 0 Å². The highest BCUT2D eigenvalue weighted by Gasteiger charge is 2.54. The summed E-state index contributed by atoms with van der Waals surface area (Å²) in [6, 6.07) is 0. The third-order valence-corrected chi connectivity index (χ3v) is 4.91. The predicted octanol–water partition coefficient (Wildman–Crippen LogP) is 2.56. The van der Waals surface area contributed by atoms with Crippen LogP contribution in [-0.4, -0.2) is 12.6 Å². The van der Waals surface area contributed by atoms with Gasteiger partial charge >= 0.3 is 0 Å². The number of nitrogens with one attached hydrogen (secondary N) is 1. The van der Waals surface area contributed by atoms with Gasteiger partial charge in [-0.25, -0.2) is 0 Å². The van der Waals surface area contributed by atoms with Crippen LogP contribution in [-0.2, 0) is 0 Å². The Morgan fingerprint density at radius 2 is 1.38 bits per heavy atom. The van der Waals surface area contributed by atoms with Gasteiger partial charge in [-0.05, 0) is 62.8 Å². The van der Waals surface area contributed by atoms with Crippen LogP contribution < -0.4 is 5.32 Å². The van der Waals surface area contributed by atoms with E-state index in [1.54, 1.807) is 0 Å². The summed E-state index contributed by atoms with van der Waals surface area (Å²) in [7, 11) is 2.16. The quantitative estimate of drug-likeness (QED) is 0.652. The molecule has 0 aromatic carbocycles. The highest BCUT2D eigenvalue weighted by molar-refractivity contribution is 5.09. The molecule has 74 valence electrons. The van der Waals surface area contributed by atoms with Gasteiger partial charge in [-0.2, -0.15) is 0 Å². The number of rotatable bonds is 1. The van der Waals surface area contributed by atoms with E-state index in [1.165, 1.54) is 38.5 Å². The molecule has 0 heterocycles. The fraction of sp³-hybridized carbons (Fsp3) is 1.00. The lowest BCUT2D eigenvalue weighted by atomic mass is 9.48. The normalized spacial score (nSPS) is 58.6. The monoisotopic (exact) mass is 179 g/mol. The molecule has 6 fully saturated rings. The second-order valence-corrected chi connectivity index (χ2v) is 6.30. The van der Waals surface area contributed by atoms with Gasteiger partial charge in [0.2, 0.25) is 0 Å². The third-order valence-electron chi connectivity index (χ3n) is 4.91. The van der Waals surface area contributed by atoms with Crippen molar-refractivity contribution in [3.8, 4) is 0 Å². The van der Waals surface area contributed by atoms with E-state index < -0.39 is 0 Å². The minimum Gasteiger partial charge on any atom is -0.314 e. The second-order valence-electron chi connectivity index (χ2n) is 6.30. The van der Waals surface area contributed by atoms with Crippen molar-refractivity contribution in [3.05, 3.63) is 0 Å². The minimum atomic E-state index is 0.580. The molecule has 0 unspecified atom stereocenters. The molecule has 0 aromatic rings. The van der Waals surface area contributed by atoms with Crippen molar-refractivity contribution >= 4 is 0 Å². The lowest BCUT2D eigenvalue weighted by Crippen LogP contribution is -2.60. The maximum absolute atomic E-state index is 3.58. The molecule has 6 rings (SSSR count). The van der Waals surface area contributed by atoms with E-state index in [4.69, 9.17) is 0 Å². The maximum Gasteiger partial charge on any atom is 0.0186 e. The van der Waals surface area contributed by atoms with Crippen LogP contribution in [0, 0.1) is 17.3 Å². The molecule has 1 nitrogen and oxygen atoms in total. The molecule has 0 aliphatic heterocycles. The molecule has 4 bridgehead atoms. The number of hydrogen-bond acceptors (Lipinski definition) is 1. The van der Waals surface area contributed by atoms with Crippen molar-refractivity contribution in [1.82, 2.24) is 5.32 Å². The Bertz CT molecular complexity index is 221. The van der Waals surface area contributed by atoms with E-state index in [0.717, 1.165) is 17.3 Å². The van der Waals surface area contributed by atoms with Gasteiger partial charge in [0, 0.05) is 5.54 Å². The van der Waals surface area contributed by atoms with E-state index >= 15 is 0 Å². The van der Waals surface area contributed by atoms with E-state index in [9.17, 15) is 0 Å². The molecule has 0 radical (unpaired) electrons. The first kappa shape index (κ1) is 8.28. The summed E-state index contributed by atoms with van der Waals surface area (Å²) in [6.45, 7) is 2.51. The van der Waals surface area contributed by atoms with E-state index in [2.05, 4.69) is 19.3 Å². The van der Waals surface area contributed by atoms with Crippen molar-refractivity contribution in [3.63, 3.8) is 0 Å². The predicted molar refractivity (Wildman–Crippen MR) is 54.6 cm³/mol. The summed E-state index contributed by atoms with van der Waals surface area (Å²) in [5, 5.41) is 3.58. The Morgan fingerprint density at radius 1 is 0.923 bits per heavy atom. The molecule has 0 atom stereocenters. The van der Waals surface area contributed by atoms with Crippen molar-refractivity contribution in [2.45, 2.75) is 51.0 Å². The summed E-state index contributed by atoms with van der Waals surface area (Å²) in [6.07, 6.45) is 8.97. The zero-order valence-corrected chi connectivity index (χ0v) is 8.90. The highest BCUT2D eigenvalue weighted by atomic mass is 15.0. The Labute approximate surface area is 81.3 Å².